The maximum absolute atomic E-state index is 6.18. The predicted molar refractivity (Wildman–Crippen MR) is 128 cm³/mol. The van der Waals surface area contributed by atoms with E-state index in [0.717, 1.165) is 71.5 Å². The number of pyridine rings is 1. The van der Waals surface area contributed by atoms with E-state index >= 15 is 0 Å². The van der Waals surface area contributed by atoms with Crippen LogP contribution in [0.5, 0.6) is 5.75 Å². The summed E-state index contributed by atoms with van der Waals surface area (Å²) >= 11 is 0. The summed E-state index contributed by atoms with van der Waals surface area (Å²) in [7, 11) is 0. The van der Waals surface area contributed by atoms with Crippen LogP contribution >= 0.6 is 0 Å². The quantitative estimate of drug-likeness (QED) is 0.564. The fourth-order valence-electron chi connectivity index (χ4n) is 5.16. The van der Waals surface area contributed by atoms with Crippen molar-refractivity contribution in [2.24, 2.45) is 11.8 Å². The standard InChI is InChI=1S/C26H33N5O/c1-26(9-10-26)32-21-4-5-23-22(15-21)25(30-29-23)20-8-13-28-24(14-20)31-16-19(17-31)3-2-18-6-11-27-12-7-18/h4-5,8,13-15,18-19,27H,2-3,6-7,9-12,16-17H2,1H3,(H,29,30). The van der Waals surface area contributed by atoms with Crippen molar-refractivity contribution in [3.63, 3.8) is 0 Å². The highest BCUT2D eigenvalue weighted by molar-refractivity contribution is 5.94. The summed E-state index contributed by atoms with van der Waals surface area (Å²) in [5, 5.41) is 12.4. The summed E-state index contributed by atoms with van der Waals surface area (Å²) in [6, 6.07) is 10.5. The van der Waals surface area contributed by atoms with E-state index in [1.165, 1.54) is 38.8 Å². The molecule has 2 saturated heterocycles. The average molecular weight is 432 g/mol. The highest BCUT2D eigenvalue weighted by Crippen LogP contribution is 2.41. The molecule has 1 aliphatic carbocycles. The number of aromatic nitrogens is 3. The summed E-state index contributed by atoms with van der Waals surface area (Å²) in [6.45, 7) is 6.83. The van der Waals surface area contributed by atoms with E-state index in [9.17, 15) is 0 Å². The zero-order valence-electron chi connectivity index (χ0n) is 18.9. The highest BCUT2D eigenvalue weighted by Gasteiger charge is 2.40. The maximum atomic E-state index is 6.18. The van der Waals surface area contributed by atoms with E-state index in [-0.39, 0.29) is 5.60 Å². The summed E-state index contributed by atoms with van der Waals surface area (Å²) in [5.74, 6) is 3.73. The molecule has 3 fully saturated rings. The van der Waals surface area contributed by atoms with Crippen LogP contribution in [0.2, 0.25) is 0 Å². The van der Waals surface area contributed by atoms with Gasteiger partial charge in [0.15, 0.2) is 0 Å². The zero-order valence-corrected chi connectivity index (χ0v) is 18.9. The average Bonchev–Trinajstić information content (AvgIpc) is 3.36. The van der Waals surface area contributed by atoms with E-state index in [0.29, 0.717) is 0 Å². The van der Waals surface area contributed by atoms with Crippen molar-refractivity contribution in [2.45, 2.75) is 51.0 Å². The molecule has 2 N–H and O–H groups in total. The van der Waals surface area contributed by atoms with Crippen LogP contribution < -0.4 is 15.0 Å². The van der Waals surface area contributed by atoms with Gasteiger partial charge in [-0.05, 0) is 101 Å². The van der Waals surface area contributed by atoms with Crippen LogP contribution in [0.15, 0.2) is 36.5 Å². The molecule has 3 aliphatic rings. The lowest BCUT2D eigenvalue weighted by molar-refractivity contribution is 0.200. The molecule has 6 rings (SSSR count). The second-order valence-electron chi connectivity index (χ2n) is 10.3. The molecule has 2 aliphatic heterocycles. The normalized spacial score (nSPS) is 21.0. The molecule has 1 saturated carbocycles. The Morgan fingerprint density at radius 3 is 2.69 bits per heavy atom. The molecule has 168 valence electrons. The summed E-state index contributed by atoms with van der Waals surface area (Å²) in [5.41, 5.74) is 3.13. The van der Waals surface area contributed by atoms with Crippen LogP contribution in [0.1, 0.15) is 45.4 Å². The summed E-state index contributed by atoms with van der Waals surface area (Å²) in [6.07, 6.45) is 9.62. The number of H-pyrrole nitrogens is 1. The van der Waals surface area contributed by atoms with Crippen molar-refractivity contribution in [3.05, 3.63) is 36.5 Å². The summed E-state index contributed by atoms with van der Waals surface area (Å²) < 4.78 is 6.18. The molecule has 0 unspecified atom stereocenters. The number of anilines is 1. The van der Waals surface area contributed by atoms with Crippen molar-refractivity contribution in [2.75, 3.05) is 31.1 Å². The van der Waals surface area contributed by atoms with Crippen LogP contribution in [-0.4, -0.2) is 47.0 Å². The lowest BCUT2D eigenvalue weighted by Gasteiger charge is -2.41. The van der Waals surface area contributed by atoms with E-state index in [2.05, 4.69) is 56.6 Å². The predicted octanol–water partition coefficient (Wildman–Crippen LogP) is 4.77. The van der Waals surface area contributed by atoms with Crippen LogP contribution in [0.4, 0.5) is 5.82 Å². The molecule has 2 aromatic heterocycles. The fraction of sp³-hybridized carbons (Fsp3) is 0.538. The third kappa shape index (κ3) is 4.08. The monoisotopic (exact) mass is 431 g/mol. The lowest BCUT2D eigenvalue weighted by atomic mass is 9.86. The van der Waals surface area contributed by atoms with Crippen LogP contribution in [-0.2, 0) is 0 Å². The van der Waals surface area contributed by atoms with Gasteiger partial charge in [-0.25, -0.2) is 4.98 Å². The molecule has 6 nitrogen and oxygen atoms in total. The summed E-state index contributed by atoms with van der Waals surface area (Å²) in [4.78, 5) is 7.08. The Morgan fingerprint density at radius 2 is 1.88 bits per heavy atom. The number of nitrogens with zero attached hydrogens (tertiary/aromatic N) is 3. The van der Waals surface area contributed by atoms with Gasteiger partial charge in [0.1, 0.15) is 22.9 Å². The second kappa shape index (κ2) is 8.07. The van der Waals surface area contributed by atoms with Gasteiger partial charge in [0, 0.05) is 30.2 Å². The number of aromatic amines is 1. The topological polar surface area (TPSA) is 66.1 Å². The fourth-order valence-corrected chi connectivity index (χ4v) is 5.16. The molecule has 0 bridgehead atoms. The Bertz CT molecular complexity index is 1090. The molecule has 0 amide bonds. The highest BCUT2D eigenvalue weighted by atomic mass is 16.5. The first-order valence-corrected chi connectivity index (χ1v) is 12.2. The largest absolute Gasteiger partial charge is 0.488 e. The maximum Gasteiger partial charge on any atom is 0.129 e. The number of benzene rings is 1. The van der Waals surface area contributed by atoms with Gasteiger partial charge in [-0.15, -0.1) is 0 Å². The number of ether oxygens (including phenoxy) is 1. The molecule has 6 heteroatoms. The van der Waals surface area contributed by atoms with E-state index in [1.54, 1.807) is 0 Å². The van der Waals surface area contributed by atoms with E-state index in [4.69, 9.17) is 4.74 Å². The Kier molecular flexibility index (Phi) is 5.05. The first kappa shape index (κ1) is 20.0. The van der Waals surface area contributed by atoms with Crippen LogP contribution in [0, 0.1) is 11.8 Å². The number of hydrogen-bond donors (Lipinski definition) is 2. The third-order valence-electron chi connectivity index (χ3n) is 7.59. The Hall–Kier alpha value is -2.60. The lowest BCUT2D eigenvalue weighted by Crippen LogP contribution is -2.47. The van der Waals surface area contributed by atoms with E-state index < -0.39 is 0 Å². The van der Waals surface area contributed by atoms with Gasteiger partial charge in [0.25, 0.3) is 0 Å². The van der Waals surface area contributed by atoms with Crippen LogP contribution in [0.3, 0.4) is 0 Å². The molecule has 32 heavy (non-hydrogen) atoms. The molecule has 0 spiro atoms. The van der Waals surface area contributed by atoms with Gasteiger partial charge in [-0.1, -0.05) is 0 Å². The van der Waals surface area contributed by atoms with Gasteiger partial charge >= 0.3 is 0 Å². The molecule has 3 aromatic rings. The number of fused-ring (bicyclic) bond motifs is 1. The molecule has 0 atom stereocenters. The molecule has 4 heterocycles. The zero-order chi connectivity index (χ0) is 21.5. The molecular formula is C26H33N5O. The first-order valence-electron chi connectivity index (χ1n) is 12.2. The van der Waals surface area contributed by atoms with Gasteiger partial charge < -0.3 is 15.0 Å². The third-order valence-corrected chi connectivity index (χ3v) is 7.59. The van der Waals surface area contributed by atoms with E-state index in [1.807, 2.05) is 12.3 Å². The van der Waals surface area contributed by atoms with Crippen molar-refractivity contribution in [1.82, 2.24) is 20.5 Å². The first-order chi connectivity index (χ1) is 15.7. The molecule has 1 aromatic carbocycles. The van der Waals surface area contributed by atoms with Crippen molar-refractivity contribution >= 4 is 16.7 Å². The number of hydrogen-bond acceptors (Lipinski definition) is 5. The van der Waals surface area contributed by atoms with Crippen LogP contribution in [0.25, 0.3) is 22.2 Å². The number of rotatable bonds is 7. The second-order valence-corrected chi connectivity index (χ2v) is 10.3. The smallest absolute Gasteiger partial charge is 0.129 e. The SMILES string of the molecule is CC1(Oc2ccc3[nH]nc(-c4ccnc(N5CC(CCC6CCNCC6)C5)c4)c3c2)CC1. The van der Waals surface area contributed by atoms with Gasteiger partial charge in [0.05, 0.1) is 5.52 Å². The minimum absolute atomic E-state index is 0.0172. The Balaban J connectivity index is 1.13. The van der Waals surface area contributed by atoms with Gasteiger partial charge in [-0.3, -0.25) is 5.10 Å². The number of nitrogens with one attached hydrogen (secondary N) is 2. The van der Waals surface area contributed by atoms with Crippen molar-refractivity contribution in [1.29, 1.82) is 0 Å². The Morgan fingerprint density at radius 1 is 1.06 bits per heavy atom. The van der Waals surface area contributed by atoms with Crippen molar-refractivity contribution in [3.8, 4) is 17.0 Å². The number of piperidine rings is 1. The van der Waals surface area contributed by atoms with Crippen molar-refractivity contribution < 1.29 is 4.74 Å². The van der Waals surface area contributed by atoms with Gasteiger partial charge in [-0.2, -0.15) is 5.10 Å². The molecular weight excluding hydrogens is 398 g/mol. The van der Waals surface area contributed by atoms with Gasteiger partial charge in [0.2, 0.25) is 0 Å². The Labute approximate surface area is 189 Å². The minimum atomic E-state index is 0.0172. The minimum Gasteiger partial charge on any atom is -0.488 e. The molecule has 0 radical (unpaired) electrons.